The van der Waals surface area contributed by atoms with E-state index in [-0.39, 0.29) is 49.4 Å². The molecule has 1 atom stereocenters. The predicted molar refractivity (Wildman–Crippen MR) is 75.8 cm³/mol. The second kappa shape index (κ2) is 8.08. The van der Waals surface area contributed by atoms with E-state index in [1.807, 2.05) is 37.3 Å². The summed E-state index contributed by atoms with van der Waals surface area (Å²) >= 11 is 0. The van der Waals surface area contributed by atoms with E-state index in [9.17, 15) is 10.1 Å². The van der Waals surface area contributed by atoms with Crippen molar-refractivity contribution in [3.8, 4) is 0 Å². The molecular formula is C14H22BNaO5. The average Bonchev–Trinajstić information content (AvgIpc) is 2.49. The van der Waals surface area contributed by atoms with Crippen LogP contribution in [0.1, 0.15) is 19.4 Å². The fraction of sp³-hybridized carbons (Fsp3) is 0.571. The molecule has 1 saturated heterocycles. The number of hydrogen-bond acceptors (Lipinski definition) is 5. The van der Waals surface area contributed by atoms with Gasteiger partial charge in [-0.05, 0) is 5.56 Å². The van der Waals surface area contributed by atoms with Crippen LogP contribution in [0.3, 0.4) is 0 Å². The van der Waals surface area contributed by atoms with E-state index < -0.39 is 18.2 Å². The van der Waals surface area contributed by atoms with Crippen molar-refractivity contribution in [1.29, 1.82) is 0 Å². The van der Waals surface area contributed by atoms with Crippen molar-refractivity contribution in [2.24, 2.45) is 5.41 Å². The Balaban J connectivity index is 0.00000220. The molecule has 1 aromatic carbocycles. The van der Waals surface area contributed by atoms with Gasteiger partial charge in [0.25, 0.3) is 0 Å². The molecule has 7 heteroatoms. The van der Waals surface area contributed by atoms with Gasteiger partial charge in [0.15, 0.2) is 0 Å². The van der Waals surface area contributed by atoms with Gasteiger partial charge in [-0.2, -0.15) is 0 Å². The topological polar surface area (TPSA) is 68.2 Å². The summed E-state index contributed by atoms with van der Waals surface area (Å²) in [5.74, 6) is 0. The molecule has 0 amide bonds. The molecule has 0 radical (unpaired) electrons. The van der Waals surface area contributed by atoms with Gasteiger partial charge in [-0.3, -0.25) is 0 Å². The first-order chi connectivity index (χ1) is 9.47. The minimum absolute atomic E-state index is 0. The minimum Gasteiger partial charge on any atom is -0.558 e. The second-order valence-corrected chi connectivity index (χ2v) is 5.82. The first kappa shape index (κ1) is 19.1. The summed E-state index contributed by atoms with van der Waals surface area (Å²) in [6.07, 6.45) is 0. The van der Waals surface area contributed by atoms with Crippen molar-refractivity contribution in [2.75, 3.05) is 19.8 Å². The summed E-state index contributed by atoms with van der Waals surface area (Å²) in [6, 6.07) is 9.14. The van der Waals surface area contributed by atoms with Crippen molar-refractivity contribution < 1.29 is 53.7 Å². The molecule has 1 aliphatic rings. The quantitative estimate of drug-likeness (QED) is 0.623. The third kappa shape index (κ3) is 5.04. The molecule has 1 heterocycles. The average molecular weight is 304 g/mol. The molecule has 0 unspecified atom stereocenters. The van der Waals surface area contributed by atoms with E-state index in [0.717, 1.165) is 5.56 Å². The summed E-state index contributed by atoms with van der Waals surface area (Å²) in [4.78, 5) is 0. The largest absolute Gasteiger partial charge is 1.00 e. The Kier molecular flexibility index (Phi) is 7.36. The number of rotatable bonds is 5. The maximum absolute atomic E-state index is 10.4. The zero-order valence-corrected chi connectivity index (χ0v) is 15.0. The van der Waals surface area contributed by atoms with Crippen LogP contribution in [0.25, 0.3) is 0 Å². The van der Waals surface area contributed by atoms with Crippen LogP contribution < -0.4 is 29.6 Å². The first-order valence-corrected chi connectivity index (χ1v) is 6.88. The molecule has 1 aromatic rings. The van der Waals surface area contributed by atoms with Crippen LogP contribution in [0.15, 0.2) is 30.3 Å². The normalized spacial score (nSPS) is 30.5. The molecule has 5 nitrogen and oxygen atoms in total. The van der Waals surface area contributed by atoms with Crippen molar-refractivity contribution in [3.63, 3.8) is 0 Å². The Bertz CT molecular complexity index is 423. The summed E-state index contributed by atoms with van der Waals surface area (Å²) < 4.78 is 16.5. The maximum Gasteiger partial charge on any atom is 1.00 e. The Morgan fingerprint density at radius 1 is 1.29 bits per heavy atom. The van der Waals surface area contributed by atoms with E-state index in [1.165, 1.54) is 0 Å². The molecule has 0 spiro atoms. The SMILES string of the molecule is C[C@H](OCc1ccccc1)[B-]1(O)OCC(C)(CO)CO1.[Na+]. The molecule has 2 N–H and O–H groups in total. The van der Waals surface area contributed by atoms with Gasteiger partial charge in [0.1, 0.15) is 0 Å². The second-order valence-electron chi connectivity index (χ2n) is 5.82. The number of aliphatic hydroxyl groups excluding tert-OH is 1. The monoisotopic (exact) mass is 304 g/mol. The predicted octanol–water partition coefficient (Wildman–Crippen LogP) is -1.89. The van der Waals surface area contributed by atoms with Crippen LogP contribution in [-0.4, -0.2) is 42.7 Å². The van der Waals surface area contributed by atoms with E-state index in [4.69, 9.17) is 14.0 Å². The summed E-state index contributed by atoms with van der Waals surface area (Å²) in [7, 11) is 0. The van der Waals surface area contributed by atoms with Gasteiger partial charge in [0, 0.05) is 24.6 Å². The van der Waals surface area contributed by atoms with E-state index in [0.29, 0.717) is 6.61 Å². The van der Waals surface area contributed by atoms with E-state index in [1.54, 1.807) is 6.92 Å². The van der Waals surface area contributed by atoms with Gasteiger partial charge in [-0.25, -0.2) is 0 Å². The van der Waals surface area contributed by atoms with Crippen LogP contribution in [-0.2, 0) is 20.7 Å². The van der Waals surface area contributed by atoms with Crippen LogP contribution in [0.5, 0.6) is 0 Å². The van der Waals surface area contributed by atoms with Gasteiger partial charge in [0.05, 0.1) is 13.2 Å². The van der Waals surface area contributed by atoms with Gasteiger partial charge < -0.3 is 24.2 Å². The van der Waals surface area contributed by atoms with Gasteiger partial charge in [0.2, 0.25) is 0 Å². The van der Waals surface area contributed by atoms with Gasteiger partial charge in [-0.15, -0.1) is 0 Å². The zero-order valence-electron chi connectivity index (χ0n) is 13.0. The van der Waals surface area contributed by atoms with Crippen LogP contribution in [0.4, 0.5) is 0 Å². The number of ether oxygens (including phenoxy) is 1. The molecule has 1 fully saturated rings. The number of benzene rings is 1. The number of aliphatic hydroxyl groups is 1. The third-order valence-electron chi connectivity index (χ3n) is 3.67. The smallest absolute Gasteiger partial charge is 0.558 e. The molecule has 0 bridgehead atoms. The molecular weight excluding hydrogens is 282 g/mol. The maximum atomic E-state index is 10.4. The fourth-order valence-corrected chi connectivity index (χ4v) is 2.02. The summed E-state index contributed by atoms with van der Waals surface area (Å²) in [5, 5.41) is 19.6. The standard InChI is InChI=1S/C14H22BO5.Na/c1-12(18-8-13-6-4-3-5-7-13)15(17)19-10-14(2,9-16)11-20-15;/h3-7,12,16-17H,8-11H2,1-2H3;/q-1;+1/t12-,14?,15?;/m0./s1. The summed E-state index contributed by atoms with van der Waals surface area (Å²) in [6.45, 7) is 1.94. The molecule has 0 aliphatic carbocycles. The Morgan fingerprint density at radius 3 is 2.38 bits per heavy atom. The van der Waals surface area contributed by atoms with E-state index >= 15 is 0 Å². The van der Waals surface area contributed by atoms with Crippen molar-refractivity contribution in [2.45, 2.75) is 26.5 Å². The van der Waals surface area contributed by atoms with Gasteiger partial charge in [-0.1, -0.05) is 44.2 Å². The van der Waals surface area contributed by atoms with Crippen LogP contribution >= 0.6 is 0 Å². The fourth-order valence-electron chi connectivity index (χ4n) is 2.02. The molecule has 21 heavy (non-hydrogen) atoms. The number of hydrogen-bond donors (Lipinski definition) is 2. The molecule has 0 saturated carbocycles. The third-order valence-corrected chi connectivity index (χ3v) is 3.67. The molecule has 1 aliphatic heterocycles. The minimum atomic E-state index is -2.47. The molecule has 112 valence electrons. The Labute approximate surface area is 147 Å². The Hall–Kier alpha value is 0.0849. The van der Waals surface area contributed by atoms with Crippen LogP contribution in [0, 0.1) is 5.41 Å². The molecule has 0 aromatic heterocycles. The first-order valence-electron chi connectivity index (χ1n) is 6.88. The van der Waals surface area contributed by atoms with Crippen molar-refractivity contribution >= 4 is 6.75 Å². The van der Waals surface area contributed by atoms with Crippen molar-refractivity contribution in [1.82, 2.24) is 0 Å². The van der Waals surface area contributed by atoms with Gasteiger partial charge >= 0.3 is 36.3 Å². The summed E-state index contributed by atoms with van der Waals surface area (Å²) in [5.41, 5.74) is 0.558. The zero-order chi connectivity index (χ0) is 14.6. The van der Waals surface area contributed by atoms with E-state index in [2.05, 4.69) is 0 Å². The van der Waals surface area contributed by atoms with Crippen LogP contribution in [0.2, 0.25) is 0 Å². The Morgan fingerprint density at radius 2 is 1.86 bits per heavy atom. The van der Waals surface area contributed by atoms with Crippen molar-refractivity contribution in [3.05, 3.63) is 35.9 Å². The molecule has 2 rings (SSSR count).